The number of carbonyl (C=O) groups excluding carboxylic acids is 2. The molecule has 9 nitrogen and oxygen atoms in total. The van der Waals surface area contributed by atoms with Crippen LogP contribution in [0, 0.1) is 10.1 Å². The number of nitrogens with zero attached hydrogens (tertiary/aromatic N) is 5. The van der Waals surface area contributed by atoms with Crippen molar-refractivity contribution in [3.05, 3.63) is 92.5 Å². The van der Waals surface area contributed by atoms with Gasteiger partial charge in [0.15, 0.2) is 0 Å². The molecule has 158 valence electrons. The number of aryl methyl sites for hydroxylation is 1. The zero-order valence-corrected chi connectivity index (χ0v) is 17.5. The van der Waals surface area contributed by atoms with E-state index in [1.54, 1.807) is 36.5 Å². The third kappa shape index (κ3) is 3.58. The molecule has 0 saturated carbocycles. The molecular formula is C21H18ClN5O4. The lowest BCUT2D eigenvalue weighted by Gasteiger charge is -2.30. The topological polar surface area (TPSA) is 102 Å². The highest BCUT2D eigenvalue weighted by Crippen LogP contribution is 2.33. The van der Waals surface area contributed by atoms with E-state index in [2.05, 4.69) is 4.98 Å². The van der Waals surface area contributed by atoms with Crippen molar-refractivity contribution in [2.24, 2.45) is 7.05 Å². The van der Waals surface area contributed by atoms with E-state index in [0.29, 0.717) is 10.8 Å². The second kappa shape index (κ2) is 7.93. The number of fused-ring (bicyclic) bond motifs is 1. The van der Waals surface area contributed by atoms with Gasteiger partial charge >= 0.3 is 0 Å². The Hall–Kier alpha value is -3.56. The molecule has 0 unspecified atom stereocenters. The Balaban J connectivity index is 1.69. The Labute approximate surface area is 182 Å². The van der Waals surface area contributed by atoms with Crippen molar-refractivity contribution >= 4 is 29.1 Å². The monoisotopic (exact) mass is 439 g/mol. The second-order valence-corrected chi connectivity index (χ2v) is 7.68. The number of carbonyl (C=O) groups is 2. The third-order valence-corrected chi connectivity index (χ3v) is 5.52. The lowest BCUT2D eigenvalue weighted by atomic mass is 10.1. The van der Waals surface area contributed by atoms with Gasteiger partial charge in [-0.2, -0.15) is 0 Å². The van der Waals surface area contributed by atoms with E-state index in [9.17, 15) is 19.7 Å². The lowest BCUT2D eigenvalue weighted by Crippen LogP contribution is -2.41. The number of imide groups is 1. The highest BCUT2D eigenvalue weighted by atomic mass is 35.5. The summed E-state index contributed by atoms with van der Waals surface area (Å²) in [7, 11) is 3.61. The van der Waals surface area contributed by atoms with Gasteiger partial charge in [-0.25, -0.2) is 4.98 Å². The van der Waals surface area contributed by atoms with Crippen molar-refractivity contribution in [3.63, 3.8) is 0 Å². The number of aromatic nitrogens is 2. The van der Waals surface area contributed by atoms with Crippen molar-refractivity contribution in [3.8, 4) is 0 Å². The number of imidazole rings is 1. The average molecular weight is 440 g/mol. The normalized spacial score (nSPS) is 14.3. The number of hydrogen-bond donors (Lipinski definition) is 0. The molecule has 3 aromatic rings. The molecule has 0 aliphatic carbocycles. The number of amides is 2. The molecule has 10 heteroatoms. The molecule has 0 spiro atoms. The number of benzene rings is 2. The molecule has 4 rings (SSSR count). The van der Waals surface area contributed by atoms with Gasteiger partial charge in [0, 0.05) is 30.5 Å². The van der Waals surface area contributed by atoms with E-state index >= 15 is 0 Å². The Bertz CT molecular complexity index is 1190. The Kier molecular flexibility index (Phi) is 5.30. The first-order chi connectivity index (χ1) is 14.8. The summed E-state index contributed by atoms with van der Waals surface area (Å²) in [5.74, 6) is -0.550. The maximum atomic E-state index is 13.0. The van der Waals surface area contributed by atoms with Crippen LogP contribution in [0.25, 0.3) is 0 Å². The van der Waals surface area contributed by atoms with Crippen molar-refractivity contribution in [2.45, 2.75) is 6.04 Å². The Morgan fingerprint density at radius 1 is 1.16 bits per heavy atom. The first-order valence-corrected chi connectivity index (χ1v) is 9.74. The predicted molar refractivity (Wildman–Crippen MR) is 113 cm³/mol. The molecule has 1 aliphatic heterocycles. The average Bonchev–Trinajstić information content (AvgIpc) is 3.26. The van der Waals surface area contributed by atoms with Crippen molar-refractivity contribution in [1.82, 2.24) is 19.4 Å². The molecule has 2 heterocycles. The van der Waals surface area contributed by atoms with Gasteiger partial charge in [0.1, 0.15) is 11.4 Å². The van der Waals surface area contributed by atoms with Crippen LogP contribution in [0.2, 0.25) is 5.02 Å². The zero-order chi connectivity index (χ0) is 22.3. The van der Waals surface area contributed by atoms with Crippen LogP contribution in [-0.4, -0.2) is 49.8 Å². The third-order valence-electron chi connectivity index (χ3n) is 5.27. The maximum Gasteiger partial charge on any atom is 0.282 e. The van der Waals surface area contributed by atoms with Gasteiger partial charge < -0.3 is 4.57 Å². The van der Waals surface area contributed by atoms with E-state index in [1.165, 1.54) is 18.2 Å². The van der Waals surface area contributed by atoms with E-state index in [1.807, 2.05) is 23.7 Å². The smallest absolute Gasteiger partial charge is 0.282 e. The summed E-state index contributed by atoms with van der Waals surface area (Å²) in [4.78, 5) is 43.8. The van der Waals surface area contributed by atoms with Crippen LogP contribution < -0.4 is 0 Å². The number of nitro groups is 1. The van der Waals surface area contributed by atoms with Gasteiger partial charge in [-0.15, -0.1) is 0 Å². The second-order valence-electron chi connectivity index (χ2n) is 7.24. The Morgan fingerprint density at radius 3 is 2.48 bits per heavy atom. The summed E-state index contributed by atoms with van der Waals surface area (Å²) in [6.45, 7) is -0.0797. The fourth-order valence-corrected chi connectivity index (χ4v) is 3.91. The van der Waals surface area contributed by atoms with Crippen molar-refractivity contribution in [1.29, 1.82) is 0 Å². The van der Waals surface area contributed by atoms with Crippen molar-refractivity contribution in [2.75, 3.05) is 13.7 Å². The summed E-state index contributed by atoms with van der Waals surface area (Å²) < 4.78 is 1.85. The van der Waals surface area contributed by atoms with Gasteiger partial charge in [-0.3, -0.25) is 29.5 Å². The molecular weight excluding hydrogens is 422 g/mol. The molecule has 1 aliphatic rings. The standard InChI is InChI=1S/C21H18ClN5O4/c1-24-11-10-23-19(24)18(13-6-8-14(22)9-7-13)25(2)12-26-20(28)15-4-3-5-16(27(30)31)17(15)21(26)29/h3-11,18H,12H2,1-2H3/t18-/m1/s1. The summed E-state index contributed by atoms with van der Waals surface area (Å²) in [6, 6.07) is 10.9. The maximum absolute atomic E-state index is 13.0. The highest BCUT2D eigenvalue weighted by molar-refractivity contribution is 6.30. The van der Waals surface area contributed by atoms with E-state index in [-0.39, 0.29) is 23.5 Å². The molecule has 2 aromatic carbocycles. The number of halogens is 1. The minimum Gasteiger partial charge on any atom is -0.336 e. The first kappa shape index (κ1) is 20.7. The molecule has 31 heavy (non-hydrogen) atoms. The number of nitro benzene ring substituents is 1. The van der Waals surface area contributed by atoms with Gasteiger partial charge in [-0.05, 0) is 30.8 Å². The van der Waals surface area contributed by atoms with E-state index in [0.717, 1.165) is 10.5 Å². The molecule has 1 aromatic heterocycles. The molecule has 0 fully saturated rings. The fraction of sp³-hybridized carbons (Fsp3) is 0.190. The summed E-state index contributed by atoms with van der Waals surface area (Å²) in [5.41, 5.74) is 0.349. The van der Waals surface area contributed by atoms with Crippen LogP contribution in [0.1, 0.15) is 38.1 Å². The SMILES string of the molecule is CN(CN1C(=O)c2cccc([N+](=O)[O-])c2C1=O)[C@H](c1ccc(Cl)cc1)c1nccn1C. The van der Waals surface area contributed by atoms with Gasteiger partial charge in [0.25, 0.3) is 17.5 Å². The molecule has 1 atom stereocenters. The summed E-state index contributed by atoms with van der Waals surface area (Å²) in [5, 5.41) is 11.9. The van der Waals surface area contributed by atoms with E-state index in [4.69, 9.17) is 11.6 Å². The fourth-order valence-electron chi connectivity index (χ4n) is 3.79. The minimum atomic E-state index is -0.686. The number of rotatable bonds is 6. The van der Waals surface area contributed by atoms with Crippen LogP contribution in [0.5, 0.6) is 0 Å². The predicted octanol–water partition coefficient (Wildman–Crippen LogP) is 3.26. The largest absolute Gasteiger partial charge is 0.336 e. The van der Waals surface area contributed by atoms with Gasteiger partial charge in [-0.1, -0.05) is 29.8 Å². The highest BCUT2D eigenvalue weighted by Gasteiger charge is 2.42. The zero-order valence-electron chi connectivity index (χ0n) is 16.7. The summed E-state index contributed by atoms with van der Waals surface area (Å²) in [6.07, 6.45) is 3.47. The minimum absolute atomic E-state index is 0.0348. The first-order valence-electron chi connectivity index (χ1n) is 9.36. The molecule has 0 N–H and O–H groups in total. The molecule has 0 radical (unpaired) electrons. The summed E-state index contributed by atoms with van der Waals surface area (Å²) >= 11 is 6.03. The van der Waals surface area contributed by atoms with Crippen LogP contribution >= 0.6 is 11.6 Å². The van der Waals surface area contributed by atoms with Gasteiger partial charge in [0.05, 0.1) is 23.2 Å². The van der Waals surface area contributed by atoms with E-state index < -0.39 is 22.8 Å². The number of hydrogen-bond acceptors (Lipinski definition) is 6. The van der Waals surface area contributed by atoms with Crippen LogP contribution in [-0.2, 0) is 7.05 Å². The van der Waals surface area contributed by atoms with Crippen LogP contribution in [0.15, 0.2) is 54.9 Å². The Morgan fingerprint density at radius 2 is 1.87 bits per heavy atom. The molecule has 0 saturated heterocycles. The molecule has 2 amide bonds. The van der Waals surface area contributed by atoms with Crippen LogP contribution in [0.3, 0.4) is 0 Å². The quantitative estimate of drug-likeness (QED) is 0.332. The lowest BCUT2D eigenvalue weighted by molar-refractivity contribution is -0.385. The molecule has 0 bridgehead atoms. The van der Waals surface area contributed by atoms with Crippen LogP contribution in [0.4, 0.5) is 5.69 Å². The van der Waals surface area contributed by atoms with Gasteiger partial charge in [0.2, 0.25) is 0 Å². The van der Waals surface area contributed by atoms with Crippen molar-refractivity contribution < 1.29 is 14.5 Å².